The molecule has 0 radical (unpaired) electrons. The Morgan fingerprint density at radius 1 is 0.900 bits per heavy atom. The largest absolute Gasteiger partial charge is 0.240 e. The molecule has 2 aromatic carbocycles. The zero-order valence-electron chi connectivity index (χ0n) is 10.1. The van der Waals surface area contributed by atoms with E-state index in [1.807, 2.05) is 0 Å². The van der Waals surface area contributed by atoms with Crippen LogP contribution in [0.25, 0.3) is 0 Å². The monoisotopic (exact) mass is 301 g/mol. The smallest absolute Gasteiger partial charge is 0.207 e. The third kappa shape index (κ3) is 3.37. The molecule has 3 nitrogen and oxygen atoms in total. The maximum atomic E-state index is 13.0. The van der Waals surface area contributed by atoms with E-state index < -0.39 is 27.5 Å². The maximum absolute atomic E-state index is 13.0. The second-order valence-corrected chi connectivity index (χ2v) is 5.79. The van der Waals surface area contributed by atoms with E-state index in [1.54, 1.807) is 0 Å². The molecule has 0 amide bonds. The van der Waals surface area contributed by atoms with Crippen molar-refractivity contribution in [2.24, 2.45) is 0 Å². The van der Waals surface area contributed by atoms with E-state index in [2.05, 4.69) is 4.72 Å². The first-order valence-electron chi connectivity index (χ1n) is 5.58. The van der Waals surface area contributed by atoms with E-state index in [4.69, 9.17) is 0 Å². The molecule has 0 unspecified atom stereocenters. The number of hydrogen-bond acceptors (Lipinski definition) is 2. The van der Waals surface area contributed by atoms with Gasteiger partial charge in [-0.05, 0) is 35.9 Å². The van der Waals surface area contributed by atoms with E-state index in [0.717, 1.165) is 12.1 Å². The molecule has 2 aromatic rings. The molecule has 20 heavy (non-hydrogen) atoms. The van der Waals surface area contributed by atoms with Gasteiger partial charge in [-0.25, -0.2) is 26.3 Å². The van der Waals surface area contributed by atoms with Gasteiger partial charge in [-0.1, -0.05) is 12.1 Å². The van der Waals surface area contributed by atoms with Crippen LogP contribution in [0.2, 0.25) is 0 Å². The molecular weight excluding hydrogens is 291 g/mol. The summed E-state index contributed by atoms with van der Waals surface area (Å²) in [6.45, 7) is -0.0817. The summed E-state index contributed by atoms with van der Waals surface area (Å²) in [6.07, 6.45) is 0. The van der Waals surface area contributed by atoms with Gasteiger partial charge in [0.1, 0.15) is 5.82 Å². The predicted octanol–water partition coefficient (Wildman–Crippen LogP) is 2.58. The Kier molecular flexibility index (Phi) is 4.10. The lowest BCUT2D eigenvalue weighted by Gasteiger charge is -2.07. The van der Waals surface area contributed by atoms with E-state index >= 15 is 0 Å². The second kappa shape index (κ2) is 5.64. The van der Waals surface area contributed by atoms with Crippen molar-refractivity contribution in [2.45, 2.75) is 11.4 Å². The molecule has 2 rings (SSSR count). The molecule has 0 spiro atoms. The van der Waals surface area contributed by atoms with Crippen LogP contribution in [0.15, 0.2) is 47.4 Å². The van der Waals surface area contributed by atoms with Crippen LogP contribution in [0.3, 0.4) is 0 Å². The first-order chi connectivity index (χ1) is 9.38. The van der Waals surface area contributed by atoms with Gasteiger partial charge in [0.25, 0.3) is 0 Å². The van der Waals surface area contributed by atoms with Crippen molar-refractivity contribution < 1.29 is 21.6 Å². The van der Waals surface area contributed by atoms with Crippen LogP contribution in [0.1, 0.15) is 5.56 Å². The summed E-state index contributed by atoms with van der Waals surface area (Å²) >= 11 is 0. The van der Waals surface area contributed by atoms with Gasteiger partial charge < -0.3 is 0 Å². The van der Waals surface area contributed by atoms with Gasteiger partial charge >= 0.3 is 0 Å². The average Bonchev–Trinajstić information content (AvgIpc) is 2.41. The van der Waals surface area contributed by atoms with Crippen molar-refractivity contribution in [3.05, 3.63) is 65.5 Å². The number of benzene rings is 2. The molecule has 0 aliphatic carbocycles. The molecule has 0 aliphatic rings. The molecule has 0 saturated carbocycles. The van der Waals surface area contributed by atoms with Gasteiger partial charge in [0.15, 0.2) is 11.6 Å². The minimum Gasteiger partial charge on any atom is -0.207 e. The van der Waals surface area contributed by atoms with Crippen molar-refractivity contribution >= 4 is 10.0 Å². The van der Waals surface area contributed by atoms with Crippen molar-refractivity contribution in [2.75, 3.05) is 0 Å². The fourth-order valence-corrected chi connectivity index (χ4v) is 2.54. The summed E-state index contributed by atoms with van der Waals surface area (Å²) in [4.78, 5) is -0.376. The number of rotatable bonds is 4. The Morgan fingerprint density at radius 2 is 1.55 bits per heavy atom. The van der Waals surface area contributed by atoms with Crippen molar-refractivity contribution in [1.82, 2.24) is 4.72 Å². The molecule has 0 aromatic heterocycles. The SMILES string of the molecule is O=S(=O)(NCc1ccc(F)cc1)c1ccc(F)c(F)c1. The molecular formula is C13H10F3NO2S. The third-order valence-electron chi connectivity index (χ3n) is 2.58. The van der Waals surface area contributed by atoms with Crippen LogP contribution in [-0.4, -0.2) is 8.42 Å². The summed E-state index contributed by atoms with van der Waals surface area (Å²) < 4.78 is 64.4. The van der Waals surface area contributed by atoms with Crippen LogP contribution in [-0.2, 0) is 16.6 Å². The molecule has 106 valence electrons. The topological polar surface area (TPSA) is 46.2 Å². The Morgan fingerprint density at radius 3 is 2.15 bits per heavy atom. The maximum Gasteiger partial charge on any atom is 0.240 e. The Bertz CT molecular complexity index is 715. The zero-order chi connectivity index (χ0) is 14.8. The highest BCUT2D eigenvalue weighted by Gasteiger charge is 2.16. The quantitative estimate of drug-likeness (QED) is 0.943. The lowest BCUT2D eigenvalue weighted by Crippen LogP contribution is -2.23. The molecule has 0 atom stereocenters. The van der Waals surface area contributed by atoms with Crippen LogP contribution >= 0.6 is 0 Å². The minimum absolute atomic E-state index is 0.0817. The molecule has 7 heteroatoms. The van der Waals surface area contributed by atoms with Crippen LogP contribution < -0.4 is 4.72 Å². The highest BCUT2D eigenvalue weighted by atomic mass is 32.2. The van der Waals surface area contributed by atoms with Gasteiger partial charge in [-0.2, -0.15) is 0 Å². The summed E-state index contributed by atoms with van der Waals surface area (Å²) in [5.41, 5.74) is 0.539. The van der Waals surface area contributed by atoms with E-state index in [9.17, 15) is 21.6 Å². The zero-order valence-corrected chi connectivity index (χ0v) is 10.9. The number of sulfonamides is 1. The summed E-state index contributed by atoms with van der Waals surface area (Å²) in [5.74, 6) is -2.80. The lowest BCUT2D eigenvalue weighted by molar-refractivity contribution is 0.504. The Labute approximate surface area is 114 Å². The van der Waals surface area contributed by atoms with E-state index in [1.165, 1.54) is 24.3 Å². The van der Waals surface area contributed by atoms with Crippen LogP contribution in [0.4, 0.5) is 13.2 Å². The Hall–Kier alpha value is -1.86. The van der Waals surface area contributed by atoms with Gasteiger partial charge in [0.2, 0.25) is 10.0 Å². The standard InChI is InChI=1S/C13H10F3NO2S/c14-10-3-1-9(2-4-10)8-17-20(18,19)11-5-6-12(15)13(16)7-11/h1-7,17H,8H2. The van der Waals surface area contributed by atoms with Gasteiger partial charge in [-0.15, -0.1) is 0 Å². The number of halogens is 3. The van der Waals surface area contributed by atoms with Crippen molar-refractivity contribution in [1.29, 1.82) is 0 Å². The number of nitrogens with one attached hydrogen (secondary N) is 1. The van der Waals surface area contributed by atoms with Crippen LogP contribution in [0, 0.1) is 17.5 Å². The predicted molar refractivity (Wildman–Crippen MR) is 66.8 cm³/mol. The summed E-state index contributed by atoms with van der Waals surface area (Å²) in [5, 5.41) is 0. The third-order valence-corrected chi connectivity index (χ3v) is 3.98. The summed E-state index contributed by atoms with van der Waals surface area (Å²) in [7, 11) is -3.96. The molecule has 0 aliphatic heterocycles. The first kappa shape index (κ1) is 14.5. The van der Waals surface area contributed by atoms with Crippen LogP contribution in [0.5, 0.6) is 0 Å². The molecule has 1 N–H and O–H groups in total. The molecule has 0 heterocycles. The molecule has 0 bridgehead atoms. The molecule has 0 fully saturated rings. The van der Waals surface area contributed by atoms with Gasteiger partial charge in [-0.3, -0.25) is 0 Å². The summed E-state index contributed by atoms with van der Waals surface area (Å²) in [6, 6.07) is 7.53. The normalized spacial score (nSPS) is 11.6. The fraction of sp³-hybridized carbons (Fsp3) is 0.0769. The fourth-order valence-electron chi connectivity index (χ4n) is 1.51. The van der Waals surface area contributed by atoms with E-state index in [0.29, 0.717) is 11.6 Å². The highest BCUT2D eigenvalue weighted by molar-refractivity contribution is 7.89. The average molecular weight is 301 g/mol. The van der Waals surface area contributed by atoms with Crippen molar-refractivity contribution in [3.63, 3.8) is 0 Å². The second-order valence-electron chi connectivity index (χ2n) is 4.03. The van der Waals surface area contributed by atoms with Crippen molar-refractivity contribution in [3.8, 4) is 0 Å². The Balaban J connectivity index is 2.14. The number of hydrogen-bond donors (Lipinski definition) is 1. The molecule has 0 saturated heterocycles. The minimum atomic E-state index is -3.96. The van der Waals surface area contributed by atoms with Gasteiger partial charge in [0, 0.05) is 6.54 Å². The van der Waals surface area contributed by atoms with Gasteiger partial charge in [0.05, 0.1) is 4.90 Å². The lowest BCUT2D eigenvalue weighted by atomic mass is 10.2. The van der Waals surface area contributed by atoms with E-state index in [-0.39, 0.29) is 11.4 Å². The highest BCUT2D eigenvalue weighted by Crippen LogP contribution is 2.14. The first-order valence-corrected chi connectivity index (χ1v) is 7.06.